The second-order valence-electron chi connectivity index (χ2n) is 2.43. The molecule has 0 atom stereocenters. The number of thiocarbonyl (C=S) groups is 1. The molecule has 0 radical (unpaired) electrons. The molecule has 0 bridgehead atoms. The summed E-state index contributed by atoms with van der Waals surface area (Å²) in [6, 6.07) is 3.72. The summed E-state index contributed by atoms with van der Waals surface area (Å²) in [4.78, 5) is 0.685. The first-order chi connectivity index (χ1) is 6.00. The lowest BCUT2D eigenvalue weighted by Gasteiger charge is -2.09. The van der Waals surface area contributed by atoms with Gasteiger partial charge in [0.15, 0.2) is 0 Å². The molecule has 13 heavy (non-hydrogen) atoms. The third kappa shape index (κ3) is 3.20. The van der Waals surface area contributed by atoms with Crippen LogP contribution in [0.15, 0.2) is 21.1 Å². The summed E-state index contributed by atoms with van der Waals surface area (Å²) in [5.74, 6) is 0. The van der Waals surface area contributed by atoms with Crippen LogP contribution < -0.4 is 5.32 Å². The smallest absolute Gasteiger partial charge is 0.0766 e. The van der Waals surface area contributed by atoms with Gasteiger partial charge >= 0.3 is 0 Å². The van der Waals surface area contributed by atoms with Crippen molar-refractivity contribution in [3.8, 4) is 0 Å². The number of nitrogens with one attached hydrogen (secondary N) is 1. The summed E-state index contributed by atoms with van der Waals surface area (Å²) in [5.41, 5.74) is 0.803. The van der Waals surface area contributed by atoms with Crippen molar-refractivity contribution in [3.05, 3.63) is 26.1 Å². The third-order valence-corrected chi connectivity index (χ3v) is 2.79. The van der Waals surface area contributed by atoms with Gasteiger partial charge in [-0.2, -0.15) is 0 Å². The molecule has 0 amide bonds. The van der Waals surface area contributed by atoms with Gasteiger partial charge in [0.1, 0.15) is 0 Å². The van der Waals surface area contributed by atoms with Crippen molar-refractivity contribution in [2.75, 3.05) is 5.32 Å². The van der Waals surface area contributed by atoms with Gasteiger partial charge in [-0.25, -0.2) is 0 Å². The molecule has 0 aliphatic carbocycles. The molecule has 1 rings (SSSR count). The predicted octanol–water partition coefficient (Wildman–Crippen LogP) is 4.62. The first kappa shape index (κ1) is 11.4. The van der Waals surface area contributed by atoms with E-state index < -0.39 is 0 Å². The molecule has 5 heteroatoms. The van der Waals surface area contributed by atoms with E-state index in [1.54, 1.807) is 6.92 Å². The topological polar surface area (TPSA) is 12.0 Å². The maximum atomic E-state index is 6.00. The summed E-state index contributed by atoms with van der Waals surface area (Å²) in [5, 5.41) is 3.63. The van der Waals surface area contributed by atoms with Gasteiger partial charge in [0.05, 0.1) is 15.7 Å². The molecule has 0 fully saturated rings. The monoisotopic (exact) mass is 341 g/mol. The maximum absolute atomic E-state index is 6.00. The number of benzene rings is 1. The van der Waals surface area contributed by atoms with Crippen molar-refractivity contribution in [3.63, 3.8) is 0 Å². The Kier molecular flexibility index (Phi) is 4.16. The average molecular weight is 343 g/mol. The zero-order valence-corrected chi connectivity index (χ0v) is 11.4. The summed E-state index contributed by atoms with van der Waals surface area (Å²) in [6.07, 6.45) is 0. The minimum atomic E-state index is 0.630. The highest BCUT2D eigenvalue weighted by atomic mass is 79.9. The van der Waals surface area contributed by atoms with Crippen LogP contribution in [0.3, 0.4) is 0 Å². The highest BCUT2D eigenvalue weighted by Crippen LogP contribution is 2.33. The molecule has 0 spiro atoms. The molecule has 0 aliphatic heterocycles. The summed E-state index contributed by atoms with van der Waals surface area (Å²) in [6.45, 7) is 1.81. The van der Waals surface area contributed by atoms with Gasteiger partial charge < -0.3 is 5.32 Å². The van der Waals surface area contributed by atoms with E-state index in [9.17, 15) is 0 Å². The maximum Gasteiger partial charge on any atom is 0.0766 e. The van der Waals surface area contributed by atoms with Crippen molar-refractivity contribution in [2.45, 2.75) is 6.92 Å². The lowest BCUT2D eigenvalue weighted by Crippen LogP contribution is -2.04. The molecule has 1 nitrogen and oxygen atoms in total. The Morgan fingerprint density at radius 2 is 2.08 bits per heavy atom. The highest BCUT2D eigenvalue weighted by Gasteiger charge is 2.06. The molecule has 0 saturated heterocycles. The Labute approximate surface area is 104 Å². The van der Waals surface area contributed by atoms with Crippen molar-refractivity contribution >= 4 is 66.4 Å². The van der Waals surface area contributed by atoms with Gasteiger partial charge in [0, 0.05) is 8.95 Å². The molecular weight excluding hydrogens is 337 g/mol. The van der Waals surface area contributed by atoms with Crippen LogP contribution >= 0.6 is 55.7 Å². The second-order valence-corrected chi connectivity index (χ2v) is 5.22. The molecule has 0 aliphatic rings. The van der Waals surface area contributed by atoms with Crippen molar-refractivity contribution < 1.29 is 0 Å². The predicted molar refractivity (Wildman–Crippen MR) is 68.7 cm³/mol. The summed E-state index contributed by atoms with van der Waals surface area (Å²) in [7, 11) is 0. The molecular formula is C8H6Br2ClNS. The van der Waals surface area contributed by atoms with Crippen LogP contribution in [-0.4, -0.2) is 4.99 Å². The fourth-order valence-corrected chi connectivity index (χ4v) is 2.78. The van der Waals surface area contributed by atoms with Crippen LogP contribution in [0.25, 0.3) is 0 Å². The molecule has 0 aromatic heterocycles. The number of hydrogen-bond acceptors (Lipinski definition) is 1. The number of rotatable bonds is 1. The first-order valence-electron chi connectivity index (χ1n) is 3.43. The van der Waals surface area contributed by atoms with E-state index in [1.807, 2.05) is 12.1 Å². The van der Waals surface area contributed by atoms with E-state index >= 15 is 0 Å². The number of halogens is 3. The van der Waals surface area contributed by atoms with Gasteiger partial charge in [-0.05, 0) is 35.0 Å². The van der Waals surface area contributed by atoms with E-state index in [4.69, 9.17) is 23.8 Å². The van der Waals surface area contributed by atoms with E-state index in [0.29, 0.717) is 10.0 Å². The fraction of sp³-hybridized carbons (Fsp3) is 0.125. The normalized spacial score (nSPS) is 9.85. The first-order valence-corrected chi connectivity index (χ1v) is 5.80. The molecule has 0 heterocycles. The Balaban J connectivity index is 3.13. The van der Waals surface area contributed by atoms with Crippen molar-refractivity contribution in [1.82, 2.24) is 0 Å². The van der Waals surface area contributed by atoms with Crippen LogP contribution in [0.4, 0.5) is 5.69 Å². The lowest BCUT2D eigenvalue weighted by atomic mass is 10.3. The van der Waals surface area contributed by atoms with Crippen LogP contribution in [0.5, 0.6) is 0 Å². The van der Waals surface area contributed by atoms with Crippen molar-refractivity contribution in [1.29, 1.82) is 0 Å². The zero-order valence-electron chi connectivity index (χ0n) is 6.70. The Hall–Kier alpha value is 0.360. The molecule has 1 aromatic carbocycles. The molecule has 1 N–H and O–H groups in total. The minimum absolute atomic E-state index is 0.630. The average Bonchev–Trinajstić information content (AvgIpc) is 1.96. The van der Waals surface area contributed by atoms with Gasteiger partial charge in [-0.15, -0.1) is 0 Å². The van der Waals surface area contributed by atoms with E-state index in [-0.39, 0.29) is 0 Å². The molecule has 0 unspecified atom stereocenters. The van der Waals surface area contributed by atoms with E-state index in [2.05, 4.69) is 37.2 Å². The summed E-state index contributed by atoms with van der Waals surface area (Å²) >= 11 is 17.7. The summed E-state index contributed by atoms with van der Waals surface area (Å²) < 4.78 is 1.81. The number of hydrogen-bond donors (Lipinski definition) is 1. The van der Waals surface area contributed by atoms with Gasteiger partial charge in [-0.1, -0.05) is 39.7 Å². The quantitative estimate of drug-likeness (QED) is 0.747. The van der Waals surface area contributed by atoms with Crippen LogP contribution in [0.2, 0.25) is 5.02 Å². The van der Waals surface area contributed by atoms with E-state index in [1.165, 1.54) is 0 Å². The molecule has 0 saturated carbocycles. The fourth-order valence-electron chi connectivity index (χ4n) is 0.838. The van der Waals surface area contributed by atoms with E-state index in [0.717, 1.165) is 14.6 Å². The van der Waals surface area contributed by atoms with Gasteiger partial charge in [0.2, 0.25) is 0 Å². The van der Waals surface area contributed by atoms with Crippen molar-refractivity contribution in [2.24, 2.45) is 0 Å². The highest BCUT2D eigenvalue weighted by molar-refractivity contribution is 9.11. The number of anilines is 1. The Morgan fingerprint density at radius 3 is 2.54 bits per heavy atom. The minimum Gasteiger partial charge on any atom is -0.348 e. The van der Waals surface area contributed by atoms with Crippen LogP contribution in [0.1, 0.15) is 6.92 Å². The molecule has 1 aromatic rings. The lowest BCUT2D eigenvalue weighted by molar-refractivity contribution is 1.56. The standard InChI is InChI=1S/C8H6Br2ClNS/c1-4(13)12-8-6(10)2-5(9)3-7(8)11/h2-3H,1H3,(H,12,13). The Bertz CT molecular complexity index is 331. The zero-order chi connectivity index (χ0) is 10.0. The Morgan fingerprint density at radius 1 is 1.46 bits per heavy atom. The van der Waals surface area contributed by atoms with Gasteiger partial charge in [0.25, 0.3) is 0 Å². The van der Waals surface area contributed by atoms with Crippen LogP contribution in [0, 0.1) is 0 Å². The van der Waals surface area contributed by atoms with Crippen LogP contribution in [-0.2, 0) is 0 Å². The second kappa shape index (κ2) is 4.73. The molecule has 70 valence electrons. The van der Waals surface area contributed by atoms with Gasteiger partial charge in [-0.3, -0.25) is 0 Å². The third-order valence-electron chi connectivity index (χ3n) is 1.31. The largest absolute Gasteiger partial charge is 0.348 e. The SMILES string of the molecule is CC(=S)Nc1c(Cl)cc(Br)cc1Br.